The van der Waals surface area contributed by atoms with Gasteiger partial charge in [0.05, 0.1) is 11.0 Å². The van der Waals surface area contributed by atoms with E-state index >= 15 is 0 Å². The molecule has 6 nitrogen and oxygen atoms in total. The standard InChI is InChI=1S/C33H47NO5/c1-2-3-4-5-6-7-8-9-10-11-12-28(36)38-26-16-15-24-21-27-33(37)18-17-25(35)31-32(33,29(24)30(26)39-31)19-20-34(27)22-23-13-14-23/h15-16,23,27,31,37H,2-14,17-22H2,1H3/t27?,31-,32-,33+/m0/s1. The summed E-state index contributed by atoms with van der Waals surface area (Å²) in [6.07, 6.45) is 16.8. The number of esters is 1. The molecule has 3 aliphatic carbocycles. The van der Waals surface area contributed by atoms with Crippen LogP contribution in [0.15, 0.2) is 12.1 Å². The Balaban J connectivity index is 1.11. The number of Topliss-reactive ketones (excluding diaryl/α,β-unsaturated/α-hetero) is 1. The first kappa shape index (κ1) is 27.3. The average Bonchev–Trinajstić information content (AvgIpc) is 3.66. The molecule has 3 fully saturated rings. The molecular formula is C33H47NO5. The van der Waals surface area contributed by atoms with Crippen LogP contribution in [0.2, 0.25) is 0 Å². The maximum Gasteiger partial charge on any atom is 0.311 e. The Hall–Kier alpha value is -1.92. The molecule has 1 saturated heterocycles. The van der Waals surface area contributed by atoms with Gasteiger partial charge in [-0.05, 0) is 62.6 Å². The van der Waals surface area contributed by atoms with Gasteiger partial charge in [0.15, 0.2) is 23.4 Å². The number of rotatable bonds is 14. The zero-order chi connectivity index (χ0) is 27.0. The van der Waals surface area contributed by atoms with E-state index in [0.29, 0.717) is 37.2 Å². The first-order valence-electron chi connectivity index (χ1n) is 16.0. The summed E-state index contributed by atoms with van der Waals surface area (Å²) in [7, 11) is 0. The van der Waals surface area contributed by atoms with E-state index in [1.165, 1.54) is 57.8 Å². The number of carbonyl (C=O) groups is 2. The normalized spacial score (nSPS) is 30.7. The molecule has 4 atom stereocenters. The molecule has 214 valence electrons. The van der Waals surface area contributed by atoms with Crippen LogP contribution in [0.5, 0.6) is 11.5 Å². The van der Waals surface area contributed by atoms with Crippen LogP contribution in [0.3, 0.4) is 0 Å². The summed E-state index contributed by atoms with van der Waals surface area (Å²) >= 11 is 0. The van der Waals surface area contributed by atoms with Crippen molar-refractivity contribution in [3.05, 3.63) is 23.3 Å². The third-order valence-corrected chi connectivity index (χ3v) is 10.5. The fourth-order valence-corrected chi connectivity index (χ4v) is 8.26. The first-order chi connectivity index (χ1) is 19.0. The number of likely N-dealkylation sites (tertiary alicyclic amines) is 1. The molecule has 1 aromatic carbocycles. The molecule has 6 rings (SSSR count). The fraction of sp³-hybridized carbons (Fsp3) is 0.758. The SMILES string of the molecule is CCCCCCCCCCCCC(=O)Oc1ccc2c3c1O[C@H]1C(=O)CC[C@@]4(O)C(C2)N(CC2CC2)CC[C@]314. The van der Waals surface area contributed by atoms with Crippen molar-refractivity contribution in [2.24, 2.45) is 5.92 Å². The lowest BCUT2D eigenvalue weighted by Crippen LogP contribution is -2.76. The minimum atomic E-state index is -0.990. The monoisotopic (exact) mass is 537 g/mol. The number of aliphatic hydroxyl groups is 1. The van der Waals surface area contributed by atoms with Crippen LogP contribution >= 0.6 is 0 Å². The van der Waals surface area contributed by atoms with Crippen molar-refractivity contribution in [2.45, 2.75) is 139 Å². The predicted molar refractivity (Wildman–Crippen MR) is 150 cm³/mol. The van der Waals surface area contributed by atoms with Gasteiger partial charge in [-0.25, -0.2) is 0 Å². The molecule has 1 aromatic rings. The van der Waals surface area contributed by atoms with Crippen LogP contribution in [-0.4, -0.2) is 52.6 Å². The lowest BCUT2D eigenvalue weighted by molar-refractivity contribution is -0.188. The van der Waals surface area contributed by atoms with Crippen molar-refractivity contribution >= 4 is 11.8 Å². The summed E-state index contributed by atoms with van der Waals surface area (Å²) in [4.78, 5) is 28.5. The van der Waals surface area contributed by atoms with Crippen molar-refractivity contribution in [1.29, 1.82) is 0 Å². The molecule has 6 heteroatoms. The third kappa shape index (κ3) is 4.84. The number of ketones is 1. The quantitative estimate of drug-likeness (QED) is 0.177. The van der Waals surface area contributed by atoms with E-state index in [-0.39, 0.29) is 17.8 Å². The van der Waals surface area contributed by atoms with Crippen molar-refractivity contribution in [2.75, 3.05) is 13.1 Å². The molecule has 2 aliphatic heterocycles. The Morgan fingerprint density at radius 3 is 2.49 bits per heavy atom. The highest BCUT2D eigenvalue weighted by Gasteiger charge is 2.73. The van der Waals surface area contributed by atoms with Crippen molar-refractivity contribution in [1.82, 2.24) is 4.90 Å². The number of carbonyl (C=O) groups excluding carboxylic acids is 2. The smallest absolute Gasteiger partial charge is 0.311 e. The van der Waals surface area contributed by atoms with Gasteiger partial charge in [-0.1, -0.05) is 70.8 Å². The van der Waals surface area contributed by atoms with Gasteiger partial charge in [-0.2, -0.15) is 0 Å². The molecule has 0 amide bonds. The summed E-state index contributed by atoms with van der Waals surface area (Å²) in [5, 5.41) is 12.4. The van der Waals surface area contributed by atoms with Gasteiger partial charge in [-0.3, -0.25) is 14.5 Å². The minimum Gasteiger partial charge on any atom is -0.477 e. The molecule has 2 bridgehead atoms. The highest BCUT2D eigenvalue weighted by molar-refractivity contribution is 5.90. The van der Waals surface area contributed by atoms with Crippen LogP contribution < -0.4 is 9.47 Å². The van der Waals surface area contributed by atoms with Crippen molar-refractivity contribution in [3.8, 4) is 11.5 Å². The van der Waals surface area contributed by atoms with Gasteiger partial charge < -0.3 is 14.6 Å². The number of unbranched alkanes of at least 4 members (excludes halogenated alkanes) is 9. The van der Waals surface area contributed by atoms with E-state index in [2.05, 4.69) is 17.9 Å². The highest BCUT2D eigenvalue weighted by Crippen LogP contribution is 2.65. The maximum atomic E-state index is 13.2. The number of hydrogen-bond acceptors (Lipinski definition) is 6. The number of benzene rings is 1. The second-order valence-electron chi connectivity index (χ2n) is 13.1. The van der Waals surface area contributed by atoms with Gasteiger partial charge >= 0.3 is 5.97 Å². The van der Waals surface area contributed by atoms with E-state index in [1.54, 1.807) is 0 Å². The molecule has 1 spiro atoms. The highest BCUT2D eigenvalue weighted by atomic mass is 16.6. The van der Waals surface area contributed by atoms with Crippen LogP contribution in [0.25, 0.3) is 0 Å². The molecule has 2 heterocycles. The summed E-state index contributed by atoms with van der Waals surface area (Å²) in [5.41, 5.74) is 0.381. The van der Waals surface area contributed by atoms with E-state index in [4.69, 9.17) is 9.47 Å². The molecular weight excluding hydrogens is 490 g/mol. The Morgan fingerprint density at radius 2 is 1.77 bits per heavy atom. The fourth-order valence-electron chi connectivity index (χ4n) is 8.26. The number of ether oxygens (including phenoxy) is 2. The molecule has 0 radical (unpaired) electrons. The van der Waals surface area contributed by atoms with E-state index in [0.717, 1.165) is 55.8 Å². The lowest BCUT2D eigenvalue weighted by Gasteiger charge is -2.62. The molecule has 0 aromatic heterocycles. The minimum absolute atomic E-state index is 0.00856. The van der Waals surface area contributed by atoms with Gasteiger partial charge in [-0.15, -0.1) is 0 Å². The third-order valence-electron chi connectivity index (χ3n) is 10.5. The van der Waals surface area contributed by atoms with E-state index in [9.17, 15) is 14.7 Å². The zero-order valence-corrected chi connectivity index (χ0v) is 23.8. The van der Waals surface area contributed by atoms with Crippen LogP contribution in [0.4, 0.5) is 0 Å². The van der Waals surface area contributed by atoms with Crippen molar-refractivity contribution < 1.29 is 24.2 Å². The van der Waals surface area contributed by atoms with Gasteiger partial charge in [0.25, 0.3) is 0 Å². The maximum absolute atomic E-state index is 13.2. The Kier molecular flexibility index (Phi) is 7.80. The second-order valence-corrected chi connectivity index (χ2v) is 13.1. The van der Waals surface area contributed by atoms with Gasteiger partial charge in [0.2, 0.25) is 0 Å². The van der Waals surface area contributed by atoms with Crippen molar-refractivity contribution in [3.63, 3.8) is 0 Å². The largest absolute Gasteiger partial charge is 0.477 e. The second kappa shape index (κ2) is 11.2. The molecule has 1 unspecified atom stereocenters. The summed E-state index contributed by atoms with van der Waals surface area (Å²) in [6.45, 7) is 4.16. The number of nitrogens with zero attached hydrogens (tertiary/aromatic N) is 1. The molecule has 5 aliphatic rings. The van der Waals surface area contributed by atoms with Crippen LogP contribution in [0.1, 0.15) is 121 Å². The Labute approximate surface area is 233 Å². The van der Waals surface area contributed by atoms with Crippen LogP contribution in [-0.2, 0) is 21.4 Å². The predicted octanol–water partition coefficient (Wildman–Crippen LogP) is 6.04. The first-order valence-corrected chi connectivity index (χ1v) is 16.0. The van der Waals surface area contributed by atoms with E-state index < -0.39 is 17.1 Å². The number of hydrogen-bond donors (Lipinski definition) is 1. The lowest BCUT2D eigenvalue weighted by atomic mass is 9.49. The average molecular weight is 538 g/mol. The number of piperidine rings is 1. The summed E-state index contributed by atoms with van der Waals surface area (Å²) in [5.74, 6) is 1.54. The van der Waals surface area contributed by atoms with Gasteiger partial charge in [0, 0.05) is 31.0 Å². The van der Waals surface area contributed by atoms with Gasteiger partial charge in [0.1, 0.15) is 0 Å². The molecule has 1 N–H and O–H groups in total. The molecule has 2 saturated carbocycles. The Morgan fingerprint density at radius 1 is 1.05 bits per heavy atom. The zero-order valence-electron chi connectivity index (χ0n) is 23.8. The van der Waals surface area contributed by atoms with E-state index in [1.807, 2.05) is 6.07 Å². The summed E-state index contributed by atoms with van der Waals surface area (Å²) < 4.78 is 12.3. The summed E-state index contributed by atoms with van der Waals surface area (Å²) in [6, 6.07) is 3.92. The molecule has 39 heavy (non-hydrogen) atoms. The Bertz CT molecular complexity index is 1080. The van der Waals surface area contributed by atoms with Crippen LogP contribution in [0, 0.1) is 5.92 Å². The topological polar surface area (TPSA) is 76.1 Å².